The molecule has 0 unspecified atom stereocenters. The fourth-order valence-electron chi connectivity index (χ4n) is 2.64. The molecule has 0 aromatic heterocycles. The molecule has 0 aliphatic heterocycles. The lowest BCUT2D eigenvalue weighted by molar-refractivity contribution is -0.385. The van der Waals surface area contributed by atoms with E-state index >= 15 is 0 Å². The number of benzene rings is 3. The van der Waals surface area contributed by atoms with Crippen molar-refractivity contribution in [3.63, 3.8) is 0 Å². The normalized spacial score (nSPS) is 10.8. The van der Waals surface area contributed by atoms with Crippen molar-refractivity contribution in [3.05, 3.63) is 111 Å². The zero-order valence-electron chi connectivity index (χ0n) is 15.4. The number of carbonyl (C=O) groups is 1. The van der Waals surface area contributed by atoms with Gasteiger partial charge in [-0.1, -0.05) is 60.7 Å². The van der Waals surface area contributed by atoms with Gasteiger partial charge in [-0.05, 0) is 36.3 Å². The fraction of sp³-hybridized carbons (Fsp3) is 0.0870. The maximum Gasteiger partial charge on any atom is 0.273 e. The van der Waals surface area contributed by atoms with E-state index in [2.05, 4.69) is 0 Å². The summed E-state index contributed by atoms with van der Waals surface area (Å²) in [6.45, 7) is 2.13. The van der Waals surface area contributed by atoms with Crippen LogP contribution in [-0.4, -0.2) is 10.7 Å². The highest BCUT2D eigenvalue weighted by atomic mass is 16.6. The predicted molar refractivity (Wildman–Crippen MR) is 108 cm³/mol. The molecule has 0 aliphatic carbocycles. The number of nitrogens with zero attached hydrogens (tertiary/aromatic N) is 1. The van der Waals surface area contributed by atoms with Crippen molar-refractivity contribution in [1.29, 1.82) is 0 Å². The molecule has 140 valence electrons. The van der Waals surface area contributed by atoms with Crippen LogP contribution in [0.4, 0.5) is 5.69 Å². The van der Waals surface area contributed by atoms with Gasteiger partial charge in [0.25, 0.3) is 5.69 Å². The second-order valence-corrected chi connectivity index (χ2v) is 6.30. The number of aryl methyl sites for hydroxylation is 1. The fourth-order valence-corrected chi connectivity index (χ4v) is 2.64. The van der Waals surface area contributed by atoms with Crippen LogP contribution in [0.5, 0.6) is 5.75 Å². The highest BCUT2D eigenvalue weighted by Crippen LogP contribution is 2.20. The first-order valence-electron chi connectivity index (χ1n) is 8.77. The van der Waals surface area contributed by atoms with Gasteiger partial charge in [0.2, 0.25) is 0 Å². The number of hydrogen-bond donors (Lipinski definition) is 0. The van der Waals surface area contributed by atoms with Gasteiger partial charge in [0.05, 0.1) is 4.92 Å². The zero-order valence-corrected chi connectivity index (χ0v) is 15.4. The second kappa shape index (κ2) is 8.77. The van der Waals surface area contributed by atoms with E-state index in [1.807, 2.05) is 54.6 Å². The van der Waals surface area contributed by atoms with Gasteiger partial charge in [0.15, 0.2) is 5.78 Å². The molecular weight excluding hydrogens is 354 g/mol. The number of hydrogen-bond acceptors (Lipinski definition) is 4. The van der Waals surface area contributed by atoms with Crippen LogP contribution in [0.15, 0.2) is 78.9 Å². The Hall–Kier alpha value is -3.73. The van der Waals surface area contributed by atoms with Crippen LogP contribution in [0.2, 0.25) is 0 Å². The largest absolute Gasteiger partial charge is 0.489 e. The predicted octanol–water partition coefficient (Wildman–Crippen LogP) is 5.38. The van der Waals surface area contributed by atoms with E-state index < -0.39 is 4.92 Å². The monoisotopic (exact) mass is 373 g/mol. The average molecular weight is 373 g/mol. The number of ketones is 1. The van der Waals surface area contributed by atoms with Gasteiger partial charge in [0, 0.05) is 17.2 Å². The van der Waals surface area contributed by atoms with Crippen molar-refractivity contribution in [2.75, 3.05) is 0 Å². The third kappa shape index (κ3) is 4.92. The molecule has 0 bridgehead atoms. The molecule has 5 nitrogen and oxygen atoms in total. The van der Waals surface area contributed by atoms with E-state index in [1.54, 1.807) is 25.1 Å². The molecule has 0 aliphatic rings. The minimum atomic E-state index is -0.482. The molecule has 0 radical (unpaired) electrons. The third-order valence-electron chi connectivity index (χ3n) is 4.25. The summed E-state index contributed by atoms with van der Waals surface area (Å²) in [5.74, 6) is 0.453. The van der Waals surface area contributed by atoms with Crippen molar-refractivity contribution in [3.8, 4) is 5.75 Å². The van der Waals surface area contributed by atoms with Crippen LogP contribution in [0.1, 0.15) is 27.0 Å². The lowest BCUT2D eigenvalue weighted by atomic mass is 10.1. The van der Waals surface area contributed by atoms with Gasteiger partial charge in [-0.3, -0.25) is 14.9 Å². The van der Waals surface area contributed by atoms with Crippen LogP contribution in [0.25, 0.3) is 6.08 Å². The molecule has 0 saturated heterocycles. The molecule has 0 fully saturated rings. The summed E-state index contributed by atoms with van der Waals surface area (Å²) < 4.78 is 5.73. The van der Waals surface area contributed by atoms with E-state index in [-0.39, 0.29) is 17.0 Å². The smallest absolute Gasteiger partial charge is 0.273 e. The summed E-state index contributed by atoms with van der Waals surface area (Å²) in [6.07, 6.45) is 3.09. The van der Waals surface area contributed by atoms with Crippen molar-refractivity contribution < 1.29 is 14.5 Å². The summed E-state index contributed by atoms with van der Waals surface area (Å²) in [6, 6.07) is 21.7. The molecular formula is C23H19NO4. The molecule has 3 aromatic rings. The Bertz CT molecular complexity index is 1010. The Balaban J connectivity index is 1.63. The second-order valence-electron chi connectivity index (χ2n) is 6.30. The first kappa shape index (κ1) is 19.0. The minimum Gasteiger partial charge on any atom is -0.489 e. The molecule has 5 heteroatoms. The van der Waals surface area contributed by atoms with E-state index in [0.29, 0.717) is 12.2 Å². The Kier molecular flexibility index (Phi) is 5.97. The van der Waals surface area contributed by atoms with E-state index in [0.717, 1.165) is 16.9 Å². The van der Waals surface area contributed by atoms with Gasteiger partial charge < -0.3 is 4.74 Å². The van der Waals surface area contributed by atoms with Crippen molar-refractivity contribution in [2.45, 2.75) is 13.5 Å². The Morgan fingerprint density at radius 3 is 2.43 bits per heavy atom. The van der Waals surface area contributed by atoms with Gasteiger partial charge >= 0.3 is 0 Å². The van der Waals surface area contributed by atoms with E-state index in [1.165, 1.54) is 12.1 Å². The van der Waals surface area contributed by atoms with Gasteiger partial charge in [-0.15, -0.1) is 0 Å². The molecule has 3 rings (SSSR count). The quantitative estimate of drug-likeness (QED) is 0.241. The third-order valence-corrected chi connectivity index (χ3v) is 4.25. The number of rotatable bonds is 7. The van der Waals surface area contributed by atoms with Crippen LogP contribution in [-0.2, 0) is 6.61 Å². The summed E-state index contributed by atoms with van der Waals surface area (Å²) >= 11 is 0. The Labute approximate surface area is 163 Å². The van der Waals surface area contributed by atoms with Crippen LogP contribution in [0, 0.1) is 17.0 Å². The molecule has 0 amide bonds. The lowest BCUT2D eigenvalue weighted by Crippen LogP contribution is -1.98. The minimum absolute atomic E-state index is 0.0563. The zero-order chi connectivity index (χ0) is 19.9. The van der Waals surface area contributed by atoms with Gasteiger partial charge in [-0.25, -0.2) is 0 Å². The summed E-state index contributed by atoms with van der Waals surface area (Å²) in [5.41, 5.74) is 2.68. The molecule has 0 spiro atoms. The maximum absolute atomic E-state index is 12.3. The first-order chi connectivity index (χ1) is 13.5. The van der Waals surface area contributed by atoms with Crippen molar-refractivity contribution >= 4 is 17.5 Å². The molecule has 28 heavy (non-hydrogen) atoms. The number of nitro benzene ring substituents is 1. The van der Waals surface area contributed by atoms with Crippen LogP contribution >= 0.6 is 0 Å². The SMILES string of the molecule is Cc1ccc(C(=O)/C=C/c2ccc(OCc3ccccc3)cc2)cc1[N+](=O)[O-]. The highest BCUT2D eigenvalue weighted by molar-refractivity contribution is 6.07. The van der Waals surface area contributed by atoms with Gasteiger partial charge in [0.1, 0.15) is 12.4 Å². The van der Waals surface area contributed by atoms with Gasteiger partial charge in [-0.2, -0.15) is 0 Å². The Morgan fingerprint density at radius 2 is 1.75 bits per heavy atom. The number of carbonyl (C=O) groups excluding carboxylic acids is 1. The van der Waals surface area contributed by atoms with E-state index in [9.17, 15) is 14.9 Å². The number of ether oxygens (including phenoxy) is 1. The van der Waals surface area contributed by atoms with Crippen LogP contribution < -0.4 is 4.74 Å². The van der Waals surface area contributed by atoms with Crippen molar-refractivity contribution in [1.82, 2.24) is 0 Å². The van der Waals surface area contributed by atoms with Crippen molar-refractivity contribution in [2.24, 2.45) is 0 Å². The standard InChI is InChI=1S/C23H19NO4/c1-17-7-11-20(15-22(17)24(26)27)23(25)14-10-18-8-12-21(13-9-18)28-16-19-5-3-2-4-6-19/h2-15H,16H2,1H3/b14-10+. The maximum atomic E-state index is 12.3. The topological polar surface area (TPSA) is 69.4 Å². The lowest BCUT2D eigenvalue weighted by Gasteiger charge is -2.06. The number of nitro groups is 1. The summed E-state index contributed by atoms with van der Waals surface area (Å²) in [7, 11) is 0. The summed E-state index contributed by atoms with van der Waals surface area (Å²) in [5, 5.41) is 11.0. The van der Waals surface area contributed by atoms with E-state index in [4.69, 9.17) is 4.74 Å². The molecule has 0 atom stereocenters. The Morgan fingerprint density at radius 1 is 1.04 bits per heavy atom. The van der Waals surface area contributed by atoms with Crippen LogP contribution in [0.3, 0.4) is 0 Å². The highest BCUT2D eigenvalue weighted by Gasteiger charge is 2.13. The molecule has 0 saturated carbocycles. The summed E-state index contributed by atoms with van der Waals surface area (Å²) in [4.78, 5) is 22.8. The first-order valence-corrected chi connectivity index (χ1v) is 8.77. The number of allylic oxidation sites excluding steroid dienone is 1. The molecule has 3 aromatic carbocycles. The molecule has 0 N–H and O–H groups in total. The molecule has 0 heterocycles. The average Bonchev–Trinajstić information content (AvgIpc) is 2.72.